The van der Waals surface area contributed by atoms with Crippen molar-refractivity contribution < 1.29 is 0 Å². The molecule has 0 fully saturated rings. The van der Waals surface area contributed by atoms with Crippen LogP contribution in [0.4, 0.5) is 0 Å². The molecule has 0 saturated carbocycles. The Hall–Kier alpha value is -2.16. The average molecular weight is 263 g/mol. The van der Waals surface area contributed by atoms with E-state index in [2.05, 4.69) is 33.2 Å². The lowest BCUT2D eigenvalue weighted by atomic mass is 9.94. The SMILES string of the molecule is Cc1ncc(-c2ccc3[nH]c4c(c3c2)CCCC4)cn1. The lowest BCUT2D eigenvalue weighted by Crippen LogP contribution is -1.99. The maximum atomic E-state index is 4.29. The zero-order chi connectivity index (χ0) is 13.5. The molecule has 0 bridgehead atoms. The molecule has 100 valence electrons. The van der Waals surface area contributed by atoms with Gasteiger partial charge in [-0.3, -0.25) is 0 Å². The van der Waals surface area contributed by atoms with Gasteiger partial charge in [-0.05, 0) is 55.9 Å². The summed E-state index contributed by atoms with van der Waals surface area (Å²) >= 11 is 0. The minimum absolute atomic E-state index is 0.814. The number of aromatic amines is 1. The maximum absolute atomic E-state index is 4.29. The average Bonchev–Trinajstić information content (AvgIpc) is 2.86. The van der Waals surface area contributed by atoms with Crippen LogP contribution >= 0.6 is 0 Å². The highest BCUT2D eigenvalue weighted by molar-refractivity contribution is 5.89. The Labute approximate surface area is 118 Å². The van der Waals surface area contributed by atoms with Crippen molar-refractivity contribution in [2.45, 2.75) is 32.6 Å². The van der Waals surface area contributed by atoms with Crippen LogP contribution in [0.25, 0.3) is 22.0 Å². The molecule has 3 heteroatoms. The summed E-state index contributed by atoms with van der Waals surface area (Å²) in [6.07, 6.45) is 8.80. The minimum Gasteiger partial charge on any atom is -0.358 e. The van der Waals surface area contributed by atoms with Crippen molar-refractivity contribution >= 4 is 10.9 Å². The number of H-pyrrole nitrogens is 1. The van der Waals surface area contributed by atoms with Crippen LogP contribution in [0.15, 0.2) is 30.6 Å². The van der Waals surface area contributed by atoms with Crippen molar-refractivity contribution in [3.63, 3.8) is 0 Å². The Kier molecular flexibility index (Phi) is 2.59. The third-order valence-corrected chi connectivity index (χ3v) is 4.21. The number of nitrogens with zero attached hydrogens (tertiary/aromatic N) is 2. The van der Waals surface area contributed by atoms with Gasteiger partial charge in [0.05, 0.1) is 0 Å². The first-order chi connectivity index (χ1) is 9.81. The quantitative estimate of drug-likeness (QED) is 0.725. The molecule has 3 nitrogen and oxygen atoms in total. The Morgan fingerprint density at radius 3 is 2.65 bits per heavy atom. The van der Waals surface area contributed by atoms with Gasteiger partial charge in [-0.25, -0.2) is 9.97 Å². The molecule has 0 amide bonds. The van der Waals surface area contributed by atoms with Crippen molar-refractivity contribution in [1.29, 1.82) is 0 Å². The molecule has 0 aliphatic heterocycles. The predicted molar refractivity (Wildman–Crippen MR) is 80.7 cm³/mol. The Morgan fingerprint density at radius 1 is 1.00 bits per heavy atom. The molecule has 0 unspecified atom stereocenters. The molecule has 0 saturated heterocycles. The highest BCUT2D eigenvalue weighted by atomic mass is 14.8. The van der Waals surface area contributed by atoms with Crippen LogP contribution < -0.4 is 0 Å². The van der Waals surface area contributed by atoms with E-state index in [1.807, 2.05) is 19.3 Å². The van der Waals surface area contributed by atoms with Crippen LogP contribution in [0, 0.1) is 6.92 Å². The molecule has 3 aromatic rings. The molecule has 2 aromatic heterocycles. The number of aromatic nitrogens is 3. The molecule has 20 heavy (non-hydrogen) atoms. The van der Waals surface area contributed by atoms with Crippen molar-refractivity contribution in [2.24, 2.45) is 0 Å². The second-order valence-electron chi connectivity index (χ2n) is 5.57. The zero-order valence-corrected chi connectivity index (χ0v) is 11.6. The summed E-state index contributed by atoms with van der Waals surface area (Å²) in [5.74, 6) is 0.814. The molecule has 1 aromatic carbocycles. The highest BCUT2D eigenvalue weighted by Gasteiger charge is 2.15. The zero-order valence-electron chi connectivity index (χ0n) is 11.6. The van der Waals surface area contributed by atoms with E-state index in [4.69, 9.17) is 0 Å². The third kappa shape index (κ3) is 1.82. The van der Waals surface area contributed by atoms with Crippen LogP contribution in [-0.2, 0) is 12.8 Å². The number of hydrogen-bond donors (Lipinski definition) is 1. The Balaban J connectivity index is 1.87. The summed E-state index contributed by atoms with van der Waals surface area (Å²) in [5, 5.41) is 1.37. The molecule has 0 spiro atoms. The lowest BCUT2D eigenvalue weighted by Gasteiger charge is -2.10. The smallest absolute Gasteiger partial charge is 0.125 e. The fraction of sp³-hybridized carbons (Fsp3) is 0.294. The summed E-state index contributed by atoms with van der Waals surface area (Å²) < 4.78 is 0. The second kappa shape index (κ2) is 4.44. The van der Waals surface area contributed by atoms with Crippen LogP contribution in [-0.4, -0.2) is 15.0 Å². The van der Waals surface area contributed by atoms with Gasteiger partial charge in [0.2, 0.25) is 0 Å². The van der Waals surface area contributed by atoms with Crippen LogP contribution in [0.5, 0.6) is 0 Å². The number of aryl methyl sites for hydroxylation is 3. The topological polar surface area (TPSA) is 41.6 Å². The van der Waals surface area contributed by atoms with E-state index < -0.39 is 0 Å². The van der Waals surface area contributed by atoms with E-state index in [-0.39, 0.29) is 0 Å². The predicted octanol–water partition coefficient (Wildman–Crippen LogP) is 3.81. The fourth-order valence-electron chi connectivity index (χ4n) is 3.13. The summed E-state index contributed by atoms with van der Waals surface area (Å²) in [6.45, 7) is 1.91. The Bertz CT molecular complexity index is 769. The number of hydrogen-bond acceptors (Lipinski definition) is 2. The summed E-state index contributed by atoms with van der Waals surface area (Å²) in [6, 6.07) is 6.62. The first-order valence-corrected chi connectivity index (χ1v) is 7.24. The first-order valence-electron chi connectivity index (χ1n) is 7.24. The van der Waals surface area contributed by atoms with Gasteiger partial charge >= 0.3 is 0 Å². The molecule has 4 rings (SSSR count). The van der Waals surface area contributed by atoms with Crippen LogP contribution in [0.3, 0.4) is 0 Å². The molecule has 1 N–H and O–H groups in total. The third-order valence-electron chi connectivity index (χ3n) is 4.21. The molecule has 1 aliphatic carbocycles. The summed E-state index contributed by atoms with van der Waals surface area (Å²) in [4.78, 5) is 12.2. The summed E-state index contributed by atoms with van der Waals surface area (Å²) in [5.41, 5.74) is 6.49. The van der Waals surface area contributed by atoms with Gasteiger partial charge in [-0.2, -0.15) is 0 Å². The van der Waals surface area contributed by atoms with Gasteiger partial charge < -0.3 is 4.98 Å². The van der Waals surface area contributed by atoms with Crippen molar-refractivity contribution in [2.75, 3.05) is 0 Å². The number of fused-ring (bicyclic) bond motifs is 3. The van der Waals surface area contributed by atoms with Crippen molar-refractivity contribution in [3.8, 4) is 11.1 Å². The van der Waals surface area contributed by atoms with E-state index in [0.29, 0.717) is 0 Å². The van der Waals surface area contributed by atoms with Gasteiger partial charge in [-0.15, -0.1) is 0 Å². The minimum atomic E-state index is 0.814. The van der Waals surface area contributed by atoms with Crippen LogP contribution in [0.2, 0.25) is 0 Å². The molecule has 0 atom stereocenters. The lowest BCUT2D eigenvalue weighted by molar-refractivity contribution is 0.680. The molecule has 0 radical (unpaired) electrons. The van der Waals surface area contributed by atoms with Gasteiger partial charge in [0.25, 0.3) is 0 Å². The summed E-state index contributed by atoms with van der Waals surface area (Å²) in [7, 11) is 0. The monoisotopic (exact) mass is 263 g/mol. The first kappa shape index (κ1) is 11.6. The Morgan fingerprint density at radius 2 is 1.80 bits per heavy atom. The second-order valence-corrected chi connectivity index (χ2v) is 5.57. The van der Waals surface area contributed by atoms with E-state index >= 15 is 0 Å². The normalized spacial score (nSPS) is 14.4. The molecular weight excluding hydrogens is 246 g/mol. The van der Waals surface area contributed by atoms with Gasteiger partial charge in [-0.1, -0.05) is 6.07 Å². The largest absolute Gasteiger partial charge is 0.358 e. The number of rotatable bonds is 1. The van der Waals surface area contributed by atoms with E-state index in [1.165, 1.54) is 53.4 Å². The van der Waals surface area contributed by atoms with Gasteiger partial charge in [0.15, 0.2) is 0 Å². The number of nitrogens with one attached hydrogen (secondary N) is 1. The number of benzene rings is 1. The van der Waals surface area contributed by atoms with E-state index in [1.54, 1.807) is 0 Å². The molecule has 2 heterocycles. The standard InChI is InChI=1S/C17H17N3/c1-11-18-9-13(10-19-11)12-6-7-17-15(8-12)14-4-2-3-5-16(14)20-17/h6-10,20H,2-5H2,1H3. The highest BCUT2D eigenvalue weighted by Crippen LogP contribution is 2.31. The van der Waals surface area contributed by atoms with E-state index in [9.17, 15) is 0 Å². The van der Waals surface area contributed by atoms with Gasteiger partial charge in [0.1, 0.15) is 5.82 Å². The molecule has 1 aliphatic rings. The molecular formula is C17H17N3. The van der Waals surface area contributed by atoms with E-state index in [0.717, 1.165) is 11.4 Å². The van der Waals surface area contributed by atoms with Crippen molar-refractivity contribution in [3.05, 3.63) is 47.7 Å². The maximum Gasteiger partial charge on any atom is 0.125 e. The van der Waals surface area contributed by atoms with Crippen LogP contribution in [0.1, 0.15) is 29.9 Å². The van der Waals surface area contributed by atoms with Crippen molar-refractivity contribution in [1.82, 2.24) is 15.0 Å². The fourth-order valence-corrected chi connectivity index (χ4v) is 3.13. The van der Waals surface area contributed by atoms with Gasteiger partial charge in [0, 0.05) is 34.6 Å².